The first-order valence-electron chi connectivity index (χ1n) is 5.66. The van der Waals surface area contributed by atoms with E-state index in [0.29, 0.717) is 11.3 Å². The molecule has 0 amide bonds. The monoisotopic (exact) mass is 231 g/mol. The van der Waals surface area contributed by atoms with Crippen molar-refractivity contribution in [3.63, 3.8) is 0 Å². The summed E-state index contributed by atoms with van der Waals surface area (Å²) in [6.07, 6.45) is 7.77. The fraction of sp³-hybridized carbons (Fsp3) is 0.286. The summed E-state index contributed by atoms with van der Waals surface area (Å²) in [5, 5.41) is 0. The molecule has 0 fully saturated rings. The van der Waals surface area contributed by atoms with E-state index in [9.17, 15) is 4.79 Å². The van der Waals surface area contributed by atoms with E-state index in [1.54, 1.807) is 24.4 Å². The van der Waals surface area contributed by atoms with Gasteiger partial charge in [0.25, 0.3) is 0 Å². The molecule has 0 radical (unpaired) electrons. The molecule has 3 heteroatoms. The Morgan fingerprint density at radius 2 is 2.18 bits per heavy atom. The summed E-state index contributed by atoms with van der Waals surface area (Å²) in [4.78, 5) is 15.7. The minimum atomic E-state index is -0.365. The zero-order valence-electron chi connectivity index (χ0n) is 10.2. The number of aliphatic imine (C=N–C) groups is 1. The number of rotatable bonds is 5. The van der Waals surface area contributed by atoms with Crippen molar-refractivity contribution in [1.29, 1.82) is 0 Å². The largest absolute Gasteiger partial charge is 0.465 e. The highest BCUT2D eigenvalue weighted by Gasteiger charge is 2.08. The van der Waals surface area contributed by atoms with Crippen LogP contribution in [-0.2, 0) is 4.74 Å². The van der Waals surface area contributed by atoms with Gasteiger partial charge in [-0.2, -0.15) is 0 Å². The second-order valence-electron chi connectivity index (χ2n) is 3.50. The molecule has 0 saturated carbocycles. The number of carbonyl (C=O) groups excluding carboxylic acids is 1. The lowest BCUT2D eigenvalue weighted by molar-refractivity contribution is 0.0602. The summed E-state index contributed by atoms with van der Waals surface area (Å²) >= 11 is 0. The molecule has 0 aliphatic carbocycles. The predicted octanol–water partition coefficient (Wildman–Crippen LogP) is 3.53. The number of nitrogens with zero attached hydrogens (tertiary/aromatic N) is 1. The fourth-order valence-electron chi connectivity index (χ4n) is 1.32. The Balaban J connectivity index is 2.80. The van der Waals surface area contributed by atoms with Gasteiger partial charge in [0.2, 0.25) is 0 Å². The van der Waals surface area contributed by atoms with E-state index in [-0.39, 0.29) is 5.97 Å². The molecule has 17 heavy (non-hydrogen) atoms. The average Bonchev–Trinajstić information content (AvgIpc) is 2.38. The molecule has 1 rings (SSSR count). The first kappa shape index (κ1) is 13.2. The van der Waals surface area contributed by atoms with Crippen LogP contribution in [0.4, 0.5) is 5.69 Å². The minimum Gasteiger partial charge on any atom is -0.465 e. The Labute approximate surface area is 102 Å². The van der Waals surface area contributed by atoms with Gasteiger partial charge in [0, 0.05) is 6.21 Å². The lowest BCUT2D eigenvalue weighted by Gasteiger charge is -2.01. The van der Waals surface area contributed by atoms with Gasteiger partial charge in [0.15, 0.2) is 0 Å². The smallest absolute Gasteiger partial charge is 0.340 e. The Kier molecular flexibility index (Phi) is 5.72. The normalized spacial score (nSPS) is 11.2. The number of hydrogen-bond donors (Lipinski definition) is 0. The number of ether oxygens (including phenoxy) is 1. The number of para-hydroxylation sites is 1. The van der Waals surface area contributed by atoms with Crippen molar-refractivity contribution in [3.05, 3.63) is 42.0 Å². The molecule has 0 N–H and O–H groups in total. The van der Waals surface area contributed by atoms with Gasteiger partial charge in [0.1, 0.15) is 0 Å². The summed E-state index contributed by atoms with van der Waals surface area (Å²) in [7, 11) is 1.37. The molecule has 0 unspecified atom stereocenters. The third-order valence-electron chi connectivity index (χ3n) is 2.20. The standard InChI is InChI=1S/C14H17NO2/c1-3-4-5-8-11-15-13-10-7-6-9-12(13)14(16)17-2/h5-11H,3-4H2,1-2H3. The molecule has 0 aliphatic rings. The number of methoxy groups -OCH3 is 1. The Hall–Kier alpha value is -1.90. The van der Waals surface area contributed by atoms with Crippen LogP contribution in [0.3, 0.4) is 0 Å². The van der Waals surface area contributed by atoms with Crippen molar-refractivity contribution < 1.29 is 9.53 Å². The second-order valence-corrected chi connectivity index (χ2v) is 3.50. The zero-order chi connectivity index (χ0) is 12.5. The molecular weight excluding hydrogens is 214 g/mol. The van der Waals surface area contributed by atoms with Crippen molar-refractivity contribution in [3.8, 4) is 0 Å². The van der Waals surface area contributed by atoms with E-state index in [1.807, 2.05) is 18.2 Å². The van der Waals surface area contributed by atoms with Gasteiger partial charge >= 0.3 is 5.97 Å². The van der Waals surface area contributed by atoms with Crippen LogP contribution in [0.2, 0.25) is 0 Å². The van der Waals surface area contributed by atoms with Gasteiger partial charge in [-0.05, 0) is 24.6 Å². The third kappa shape index (κ3) is 4.23. The van der Waals surface area contributed by atoms with Gasteiger partial charge < -0.3 is 4.74 Å². The molecule has 90 valence electrons. The van der Waals surface area contributed by atoms with E-state index in [4.69, 9.17) is 4.74 Å². The lowest BCUT2D eigenvalue weighted by Crippen LogP contribution is -2.00. The first-order chi connectivity index (χ1) is 8.29. The second kappa shape index (κ2) is 7.39. The number of allylic oxidation sites excluding steroid dienone is 2. The van der Waals surface area contributed by atoms with Gasteiger partial charge in [0.05, 0.1) is 18.4 Å². The Morgan fingerprint density at radius 1 is 1.41 bits per heavy atom. The Bertz CT molecular complexity index is 422. The maximum atomic E-state index is 11.5. The Morgan fingerprint density at radius 3 is 2.88 bits per heavy atom. The summed E-state index contributed by atoms with van der Waals surface area (Å²) in [6.45, 7) is 2.12. The number of unbranched alkanes of at least 4 members (excludes halogenated alkanes) is 1. The molecule has 0 atom stereocenters. The van der Waals surface area contributed by atoms with Crippen LogP contribution in [0.25, 0.3) is 0 Å². The molecule has 0 heterocycles. The molecule has 0 aromatic heterocycles. The van der Waals surface area contributed by atoms with Gasteiger partial charge in [-0.3, -0.25) is 4.99 Å². The van der Waals surface area contributed by atoms with Crippen LogP contribution < -0.4 is 0 Å². The highest BCUT2D eigenvalue weighted by Crippen LogP contribution is 2.18. The number of benzene rings is 1. The molecule has 1 aromatic rings. The highest BCUT2D eigenvalue weighted by atomic mass is 16.5. The molecular formula is C14H17NO2. The summed E-state index contributed by atoms with van der Waals surface area (Å²) in [6, 6.07) is 7.12. The average molecular weight is 231 g/mol. The minimum absolute atomic E-state index is 0.365. The lowest BCUT2D eigenvalue weighted by atomic mass is 10.2. The van der Waals surface area contributed by atoms with Crippen LogP contribution >= 0.6 is 0 Å². The maximum Gasteiger partial charge on any atom is 0.340 e. The number of carbonyl (C=O) groups is 1. The van der Waals surface area contributed by atoms with Gasteiger partial charge in [-0.1, -0.05) is 31.6 Å². The van der Waals surface area contributed by atoms with Crippen molar-refractivity contribution in [2.24, 2.45) is 4.99 Å². The highest BCUT2D eigenvalue weighted by molar-refractivity contribution is 5.95. The summed E-state index contributed by atoms with van der Waals surface area (Å²) in [5.41, 5.74) is 1.11. The topological polar surface area (TPSA) is 38.7 Å². The molecule has 0 saturated heterocycles. The van der Waals surface area contributed by atoms with Crippen LogP contribution in [0.15, 0.2) is 41.4 Å². The van der Waals surface area contributed by atoms with Crippen molar-refractivity contribution in [2.45, 2.75) is 19.8 Å². The van der Waals surface area contributed by atoms with Crippen LogP contribution in [-0.4, -0.2) is 19.3 Å². The van der Waals surface area contributed by atoms with Crippen molar-refractivity contribution in [1.82, 2.24) is 0 Å². The summed E-state index contributed by atoms with van der Waals surface area (Å²) in [5.74, 6) is -0.365. The molecule has 3 nitrogen and oxygen atoms in total. The maximum absolute atomic E-state index is 11.5. The quantitative estimate of drug-likeness (QED) is 0.574. The van der Waals surface area contributed by atoms with E-state index < -0.39 is 0 Å². The van der Waals surface area contributed by atoms with E-state index >= 15 is 0 Å². The van der Waals surface area contributed by atoms with E-state index in [1.165, 1.54) is 7.11 Å². The molecule has 0 spiro atoms. The number of esters is 1. The molecule has 0 aliphatic heterocycles. The predicted molar refractivity (Wildman–Crippen MR) is 70.0 cm³/mol. The van der Waals surface area contributed by atoms with Crippen LogP contribution in [0.1, 0.15) is 30.1 Å². The van der Waals surface area contributed by atoms with Crippen LogP contribution in [0, 0.1) is 0 Å². The zero-order valence-corrected chi connectivity index (χ0v) is 10.2. The molecule has 0 bridgehead atoms. The van der Waals surface area contributed by atoms with E-state index in [0.717, 1.165) is 12.8 Å². The van der Waals surface area contributed by atoms with Crippen molar-refractivity contribution in [2.75, 3.05) is 7.11 Å². The molecule has 1 aromatic carbocycles. The first-order valence-corrected chi connectivity index (χ1v) is 5.66. The van der Waals surface area contributed by atoms with Gasteiger partial charge in [-0.15, -0.1) is 0 Å². The van der Waals surface area contributed by atoms with Crippen molar-refractivity contribution >= 4 is 17.9 Å². The SMILES string of the molecule is CCCC=CC=Nc1ccccc1C(=O)OC. The number of hydrogen-bond acceptors (Lipinski definition) is 3. The summed E-state index contributed by atoms with van der Waals surface area (Å²) < 4.78 is 4.69. The fourth-order valence-corrected chi connectivity index (χ4v) is 1.32. The van der Waals surface area contributed by atoms with Gasteiger partial charge in [-0.25, -0.2) is 4.79 Å². The van der Waals surface area contributed by atoms with Crippen LogP contribution in [0.5, 0.6) is 0 Å². The van der Waals surface area contributed by atoms with E-state index in [2.05, 4.69) is 11.9 Å². The third-order valence-corrected chi connectivity index (χ3v) is 2.20.